The number of amides is 1. The van der Waals surface area contributed by atoms with Gasteiger partial charge in [-0.3, -0.25) is 14.5 Å². The molecule has 1 saturated heterocycles. The smallest absolute Gasteiger partial charge is 0.308 e. The monoisotopic (exact) mass is 358 g/mol. The fraction of sp³-hybridized carbons (Fsp3) is 0.500. The Bertz CT molecular complexity index is 587. The average molecular weight is 359 g/mol. The van der Waals surface area contributed by atoms with Crippen molar-refractivity contribution in [2.45, 2.75) is 25.8 Å². The Hall–Kier alpha value is -1.30. The number of halogens is 2. The molecule has 126 valence electrons. The maximum Gasteiger partial charge on any atom is 0.308 e. The van der Waals surface area contributed by atoms with Gasteiger partial charge in [0.15, 0.2) is 0 Å². The van der Waals surface area contributed by atoms with Gasteiger partial charge in [-0.25, -0.2) is 0 Å². The molecule has 0 spiro atoms. The van der Waals surface area contributed by atoms with Gasteiger partial charge in [0.2, 0.25) is 5.91 Å². The number of rotatable bonds is 4. The Morgan fingerprint density at radius 2 is 1.96 bits per heavy atom. The van der Waals surface area contributed by atoms with E-state index in [4.69, 9.17) is 27.9 Å². The highest BCUT2D eigenvalue weighted by atomic mass is 35.5. The van der Waals surface area contributed by atoms with Crippen LogP contribution in [-0.2, 0) is 14.3 Å². The minimum atomic E-state index is -0.316. The third-order valence-electron chi connectivity index (χ3n) is 4.18. The maximum absolute atomic E-state index is 12.4. The van der Waals surface area contributed by atoms with E-state index < -0.39 is 0 Å². The van der Waals surface area contributed by atoms with Crippen molar-refractivity contribution in [1.29, 1.82) is 0 Å². The molecule has 0 aromatic heterocycles. The molecule has 1 aromatic rings. The predicted octanol–water partition coefficient (Wildman–Crippen LogP) is 3.21. The molecular weight excluding hydrogens is 339 g/mol. The van der Waals surface area contributed by atoms with Gasteiger partial charge in [-0.05, 0) is 51.1 Å². The lowest BCUT2D eigenvalue weighted by Gasteiger charge is -2.34. The van der Waals surface area contributed by atoms with E-state index in [1.165, 1.54) is 7.11 Å². The van der Waals surface area contributed by atoms with Crippen molar-refractivity contribution >= 4 is 40.8 Å². The second-order valence-electron chi connectivity index (χ2n) is 5.62. The van der Waals surface area contributed by atoms with Crippen LogP contribution in [0.25, 0.3) is 0 Å². The van der Waals surface area contributed by atoms with E-state index in [1.54, 1.807) is 18.2 Å². The molecule has 1 aliphatic rings. The van der Waals surface area contributed by atoms with Crippen molar-refractivity contribution < 1.29 is 14.3 Å². The number of ether oxygens (including phenoxy) is 1. The number of piperidine rings is 1. The van der Waals surface area contributed by atoms with Crippen molar-refractivity contribution in [1.82, 2.24) is 4.90 Å². The molecule has 0 unspecified atom stereocenters. The summed E-state index contributed by atoms with van der Waals surface area (Å²) in [5.74, 6) is -0.396. The predicted molar refractivity (Wildman–Crippen MR) is 90.9 cm³/mol. The number of esters is 1. The highest BCUT2D eigenvalue weighted by Crippen LogP contribution is 2.26. The summed E-state index contributed by atoms with van der Waals surface area (Å²) in [5.41, 5.74) is 0.500. The number of nitrogens with zero attached hydrogens (tertiary/aromatic N) is 1. The molecule has 1 aliphatic heterocycles. The Morgan fingerprint density at radius 1 is 1.30 bits per heavy atom. The summed E-state index contributed by atoms with van der Waals surface area (Å²) in [6.07, 6.45) is 1.39. The van der Waals surface area contributed by atoms with E-state index in [2.05, 4.69) is 5.32 Å². The van der Waals surface area contributed by atoms with Gasteiger partial charge in [0.1, 0.15) is 0 Å². The van der Waals surface area contributed by atoms with Crippen LogP contribution in [0.2, 0.25) is 10.0 Å². The van der Waals surface area contributed by atoms with Gasteiger partial charge in [0, 0.05) is 5.02 Å². The van der Waals surface area contributed by atoms with E-state index >= 15 is 0 Å². The molecule has 1 N–H and O–H groups in total. The number of benzene rings is 1. The molecule has 1 heterocycles. The summed E-state index contributed by atoms with van der Waals surface area (Å²) in [4.78, 5) is 26.0. The number of anilines is 1. The fourth-order valence-corrected chi connectivity index (χ4v) is 3.02. The van der Waals surface area contributed by atoms with Crippen LogP contribution >= 0.6 is 23.2 Å². The summed E-state index contributed by atoms with van der Waals surface area (Å²) in [6, 6.07) is 4.62. The molecule has 7 heteroatoms. The first-order chi connectivity index (χ1) is 10.9. The zero-order chi connectivity index (χ0) is 17.0. The lowest BCUT2D eigenvalue weighted by Crippen LogP contribution is -2.47. The van der Waals surface area contributed by atoms with Gasteiger partial charge in [0.25, 0.3) is 0 Å². The highest BCUT2D eigenvalue weighted by Gasteiger charge is 2.30. The number of hydrogen-bond acceptors (Lipinski definition) is 4. The van der Waals surface area contributed by atoms with Gasteiger partial charge in [0.05, 0.1) is 29.8 Å². The third-order valence-corrected chi connectivity index (χ3v) is 4.74. The lowest BCUT2D eigenvalue weighted by molar-refractivity contribution is -0.147. The van der Waals surface area contributed by atoms with Crippen LogP contribution in [0.5, 0.6) is 0 Å². The summed E-state index contributed by atoms with van der Waals surface area (Å²) in [5, 5.41) is 3.76. The zero-order valence-corrected chi connectivity index (χ0v) is 14.7. The summed E-state index contributed by atoms with van der Waals surface area (Å²) in [6.45, 7) is 3.20. The molecule has 0 radical (unpaired) electrons. The normalized spacial score (nSPS) is 17.6. The van der Waals surface area contributed by atoms with Gasteiger partial charge < -0.3 is 10.1 Å². The first kappa shape index (κ1) is 18.0. The minimum Gasteiger partial charge on any atom is -0.469 e. The van der Waals surface area contributed by atoms with Gasteiger partial charge in [-0.15, -0.1) is 0 Å². The largest absolute Gasteiger partial charge is 0.469 e. The molecule has 0 aliphatic carbocycles. The Kier molecular flexibility index (Phi) is 6.27. The van der Waals surface area contributed by atoms with Crippen LogP contribution in [0.15, 0.2) is 18.2 Å². The molecule has 1 aromatic carbocycles. The van der Waals surface area contributed by atoms with Crippen molar-refractivity contribution in [3.05, 3.63) is 28.2 Å². The number of hydrogen-bond donors (Lipinski definition) is 1. The van der Waals surface area contributed by atoms with E-state index in [-0.39, 0.29) is 23.8 Å². The summed E-state index contributed by atoms with van der Waals surface area (Å²) < 4.78 is 4.77. The molecule has 23 heavy (non-hydrogen) atoms. The van der Waals surface area contributed by atoms with Crippen molar-refractivity contribution in [3.63, 3.8) is 0 Å². The van der Waals surface area contributed by atoms with Crippen LogP contribution in [0, 0.1) is 5.92 Å². The molecule has 0 saturated carbocycles. The maximum atomic E-state index is 12.4. The first-order valence-electron chi connectivity index (χ1n) is 7.50. The van der Waals surface area contributed by atoms with Crippen LogP contribution < -0.4 is 5.32 Å². The average Bonchev–Trinajstić information content (AvgIpc) is 2.56. The molecule has 1 atom stereocenters. The SMILES string of the molecule is COC(=O)C1CCN([C@@H](C)C(=O)Nc2cc(Cl)ccc2Cl)CC1. The Labute approximate surface area is 145 Å². The quantitative estimate of drug-likeness (QED) is 0.839. The minimum absolute atomic E-state index is 0.0751. The fourth-order valence-electron chi connectivity index (χ4n) is 2.69. The number of methoxy groups -OCH3 is 1. The van der Waals surface area contributed by atoms with Crippen LogP contribution in [0.4, 0.5) is 5.69 Å². The van der Waals surface area contributed by atoms with E-state index in [0.717, 1.165) is 0 Å². The standard InChI is InChI=1S/C16H20Cl2N2O3/c1-10(20-7-5-11(6-8-20)16(22)23-2)15(21)19-14-9-12(17)3-4-13(14)18/h3-4,9-11H,5-8H2,1-2H3,(H,19,21)/t10-/m0/s1. The van der Waals surface area contributed by atoms with Gasteiger partial charge in [-0.2, -0.15) is 0 Å². The molecule has 0 bridgehead atoms. The second kappa shape index (κ2) is 7.99. The summed E-state index contributed by atoms with van der Waals surface area (Å²) in [7, 11) is 1.40. The van der Waals surface area contributed by atoms with E-state index in [9.17, 15) is 9.59 Å². The molecule has 1 fully saturated rings. The number of carbonyl (C=O) groups is 2. The lowest BCUT2D eigenvalue weighted by atomic mass is 9.96. The van der Waals surface area contributed by atoms with Crippen molar-refractivity contribution in [2.24, 2.45) is 5.92 Å². The molecule has 5 nitrogen and oxygen atoms in total. The highest BCUT2D eigenvalue weighted by molar-refractivity contribution is 6.35. The topological polar surface area (TPSA) is 58.6 Å². The Morgan fingerprint density at radius 3 is 2.57 bits per heavy atom. The Balaban J connectivity index is 1.93. The van der Waals surface area contributed by atoms with E-state index in [0.29, 0.717) is 41.7 Å². The summed E-state index contributed by atoms with van der Waals surface area (Å²) >= 11 is 12.0. The molecular formula is C16H20Cl2N2O3. The van der Waals surface area contributed by atoms with Gasteiger partial charge in [-0.1, -0.05) is 23.2 Å². The third kappa shape index (κ3) is 4.59. The number of nitrogens with one attached hydrogen (secondary N) is 1. The first-order valence-corrected chi connectivity index (χ1v) is 8.25. The van der Waals surface area contributed by atoms with Crippen LogP contribution in [0.3, 0.4) is 0 Å². The second-order valence-corrected chi connectivity index (χ2v) is 6.47. The van der Waals surface area contributed by atoms with Crippen LogP contribution in [0.1, 0.15) is 19.8 Å². The van der Waals surface area contributed by atoms with Crippen LogP contribution in [-0.4, -0.2) is 43.0 Å². The van der Waals surface area contributed by atoms with Crippen molar-refractivity contribution in [3.8, 4) is 0 Å². The zero-order valence-electron chi connectivity index (χ0n) is 13.1. The molecule has 1 amide bonds. The van der Waals surface area contributed by atoms with Gasteiger partial charge >= 0.3 is 5.97 Å². The number of carbonyl (C=O) groups excluding carboxylic acids is 2. The molecule has 2 rings (SSSR count). The van der Waals surface area contributed by atoms with E-state index in [1.807, 2.05) is 11.8 Å². The van der Waals surface area contributed by atoms with Crippen molar-refractivity contribution in [2.75, 3.05) is 25.5 Å². The number of likely N-dealkylation sites (tertiary alicyclic amines) is 1.